The lowest BCUT2D eigenvalue weighted by Gasteiger charge is -2.33. The minimum absolute atomic E-state index is 0.548. The average Bonchev–Trinajstić information content (AvgIpc) is 2.48. The molecule has 0 aromatic carbocycles. The van der Waals surface area contributed by atoms with Crippen LogP contribution in [0.5, 0.6) is 0 Å². The van der Waals surface area contributed by atoms with Crippen LogP contribution in [0.2, 0.25) is 0 Å². The second-order valence-electron chi connectivity index (χ2n) is 4.57. The molecule has 1 aliphatic heterocycles. The van der Waals surface area contributed by atoms with Crippen molar-refractivity contribution in [2.75, 3.05) is 32.8 Å². The van der Waals surface area contributed by atoms with Gasteiger partial charge in [-0.05, 0) is 18.8 Å². The van der Waals surface area contributed by atoms with Crippen LogP contribution in [0.25, 0.3) is 0 Å². The van der Waals surface area contributed by atoms with Crippen molar-refractivity contribution in [2.45, 2.75) is 39.2 Å². The summed E-state index contributed by atoms with van der Waals surface area (Å²) in [5, 5.41) is 0. The van der Waals surface area contributed by atoms with E-state index in [1.165, 1.54) is 12.8 Å². The van der Waals surface area contributed by atoms with Gasteiger partial charge in [0.1, 0.15) is 0 Å². The largest absolute Gasteiger partial charge is 0.380 e. The Hall–Kier alpha value is -0.120. The molecule has 1 rings (SSSR count). The summed E-state index contributed by atoms with van der Waals surface area (Å²) in [5.41, 5.74) is 5.90. The standard InChI is InChI=1S/C12H26N2O/c1-3-5-11(2)12(10-13)14-6-4-8-15-9-7-14/h11-12H,3-10,13H2,1-2H3. The fraction of sp³-hybridized carbons (Fsp3) is 1.00. The molecule has 3 nitrogen and oxygen atoms in total. The normalized spacial score (nSPS) is 23.4. The Morgan fingerprint density at radius 1 is 1.33 bits per heavy atom. The zero-order valence-corrected chi connectivity index (χ0v) is 10.2. The first-order valence-electron chi connectivity index (χ1n) is 6.31. The first-order valence-corrected chi connectivity index (χ1v) is 6.31. The molecule has 0 amide bonds. The van der Waals surface area contributed by atoms with E-state index < -0.39 is 0 Å². The highest BCUT2D eigenvalue weighted by Crippen LogP contribution is 2.17. The lowest BCUT2D eigenvalue weighted by Crippen LogP contribution is -2.46. The van der Waals surface area contributed by atoms with E-state index in [0.717, 1.165) is 39.3 Å². The van der Waals surface area contributed by atoms with E-state index >= 15 is 0 Å². The molecule has 0 radical (unpaired) electrons. The minimum Gasteiger partial charge on any atom is -0.380 e. The predicted octanol–water partition coefficient (Wildman–Crippen LogP) is 1.47. The molecule has 1 fully saturated rings. The second kappa shape index (κ2) is 7.20. The van der Waals surface area contributed by atoms with Gasteiger partial charge in [-0.1, -0.05) is 20.3 Å². The van der Waals surface area contributed by atoms with Crippen molar-refractivity contribution in [2.24, 2.45) is 11.7 Å². The third-order valence-corrected chi connectivity index (χ3v) is 3.37. The predicted molar refractivity (Wildman–Crippen MR) is 63.9 cm³/mol. The van der Waals surface area contributed by atoms with Crippen LogP contribution in [0.3, 0.4) is 0 Å². The maximum atomic E-state index is 5.90. The Bertz CT molecular complexity index is 156. The summed E-state index contributed by atoms with van der Waals surface area (Å²) in [7, 11) is 0. The van der Waals surface area contributed by atoms with Crippen molar-refractivity contribution >= 4 is 0 Å². The fourth-order valence-corrected chi connectivity index (χ4v) is 2.49. The number of nitrogens with zero attached hydrogens (tertiary/aromatic N) is 1. The molecule has 2 unspecified atom stereocenters. The van der Waals surface area contributed by atoms with E-state index in [1.54, 1.807) is 0 Å². The van der Waals surface area contributed by atoms with E-state index in [0.29, 0.717) is 12.0 Å². The van der Waals surface area contributed by atoms with Crippen molar-refractivity contribution in [3.63, 3.8) is 0 Å². The summed E-state index contributed by atoms with van der Waals surface area (Å²) < 4.78 is 5.48. The van der Waals surface area contributed by atoms with Gasteiger partial charge in [0.15, 0.2) is 0 Å². The topological polar surface area (TPSA) is 38.5 Å². The van der Waals surface area contributed by atoms with Gasteiger partial charge in [-0.15, -0.1) is 0 Å². The summed E-state index contributed by atoms with van der Waals surface area (Å²) in [6.07, 6.45) is 3.68. The van der Waals surface area contributed by atoms with Gasteiger partial charge >= 0.3 is 0 Å². The van der Waals surface area contributed by atoms with E-state index in [4.69, 9.17) is 10.5 Å². The van der Waals surface area contributed by atoms with Crippen LogP contribution in [0.15, 0.2) is 0 Å². The Morgan fingerprint density at radius 3 is 2.80 bits per heavy atom. The van der Waals surface area contributed by atoms with Gasteiger partial charge in [0.25, 0.3) is 0 Å². The van der Waals surface area contributed by atoms with Crippen LogP contribution in [-0.4, -0.2) is 43.8 Å². The monoisotopic (exact) mass is 214 g/mol. The quantitative estimate of drug-likeness (QED) is 0.753. The zero-order valence-electron chi connectivity index (χ0n) is 10.2. The van der Waals surface area contributed by atoms with Gasteiger partial charge in [-0.2, -0.15) is 0 Å². The van der Waals surface area contributed by atoms with Crippen molar-refractivity contribution < 1.29 is 4.74 Å². The summed E-state index contributed by atoms with van der Waals surface area (Å²) >= 11 is 0. The molecule has 0 aromatic heterocycles. The first-order chi connectivity index (χ1) is 7.29. The average molecular weight is 214 g/mol. The van der Waals surface area contributed by atoms with Crippen molar-refractivity contribution in [3.8, 4) is 0 Å². The summed E-state index contributed by atoms with van der Waals surface area (Å²) in [5.74, 6) is 0.707. The van der Waals surface area contributed by atoms with Gasteiger partial charge in [0.2, 0.25) is 0 Å². The van der Waals surface area contributed by atoms with E-state index in [9.17, 15) is 0 Å². The van der Waals surface area contributed by atoms with E-state index in [2.05, 4.69) is 18.7 Å². The lowest BCUT2D eigenvalue weighted by molar-refractivity contribution is 0.117. The van der Waals surface area contributed by atoms with Crippen molar-refractivity contribution in [1.82, 2.24) is 4.90 Å². The molecule has 1 saturated heterocycles. The maximum absolute atomic E-state index is 5.90. The van der Waals surface area contributed by atoms with Gasteiger partial charge < -0.3 is 10.5 Å². The molecule has 0 aromatic rings. The summed E-state index contributed by atoms with van der Waals surface area (Å²) in [6, 6.07) is 0.548. The van der Waals surface area contributed by atoms with Gasteiger partial charge in [0, 0.05) is 32.3 Å². The van der Waals surface area contributed by atoms with Crippen LogP contribution in [0.4, 0.5) is 0 Å². The van der Waals surface area contributed by atoms with Crippen LogP contribution >= 0.6 is 0 Å². The van der Waals surface area contributed by atoms with Gasteiger partial charge in [-0.25, -0.2) is 0 Å². The highest BCUT2D eigenvalue weighted by Gasteiger charge is 2.23. The Balaban J connectivity index is 2.47. The van der Waals surface area contributed by atoms with Crippen LogP contribution < -0.4 is 5.73 Å². The number of rotatable bonds is 5. The molecule has 1 aliphatic rings. The van der Waals surface area contributed by atoms with Crippen molar-refractivity contribution in [3.05, 3.63) is 0 Å². The molecule has 2 N–H and O–H groups in total. The zero-order chi connectivity index (χ0) is 11.1. The third kappa shape index (κ3) is 4.09. The minimum atomic E-state index is 0.548. The number of nitrogens with two attached hydrogens (primary N) is 1. The van der Waals surface area contributed by atoms with E-state index in [-0.39, 0.29) is 0 Å². The number of ether oxygens (including phenoxy) is 1. The van der Waals surface area contributed by atoms with Crippen LogP contribution in [0.1, 0.15) is 33.1 Å². The molecule has 0 aliphatic carbocycles. The molecular formula is C12H26N2O. The Labute approximate surface area is 94.0 Å². The van der Waals surface area contributed by atoms with Gasteiger partial charge in [0.05, 0.1) is 6.61 Å². The smallest absolute Gasteiger partial charge is 0.0593 e. The highest BCUT2D eigenvalue weighted by molar-refractivity contribution is 4.78. The van der Waals surface area contributed by atoms with Crippen LogP contribution in [0, 0.1) is 5.92 Å². The molecule has 1 heterocycles. The maximum Gasteiger partial charge on any atom is 0.0593 e. The number of hydrogen-bond acceptors (Lipinski definition) is 3. The molecule has 3 heteroatoms. The van der Waals surface area contributed by atoms with Gasteiger partial charge in [-0.3, -0.25) is 4.90 Å². The molecule has 2 atom stereocenters. The fourth-order valence-electron chi connectivity index (χ4n) is 2.49. The molecule has 0 spiro atoms. The number of hydrogen-bond donors (Lipinski definition) is 1. The highest BCUT2D eigenvalue weighted by atomic mass is 16.5. The molecule has 15 heavy (non-hydrogen) atoms. The molecule has 90 valence electrons. The SMILES string of the molecule is CCCC(C)C(CN)N1CCCOCC1. The Morgan fingerprint density at radius 2 is 2.13 bits per heavy atom. The summed E-state index contributed by atoms with van der Waals surface area (Å²) in [4.78, 5) is 2.52. The Kier molecular flexibility index (Phi) is 6.22. The van der Waals surface area contributed by atoms with Crippen molar-refractivity contribution in [1.29, 1.82) is 0 Å². The first kappa shape index (κ1) is 12.9. The second-order valence-corrected chi connectivity index (χ2v) is 4.57. The van der Waals surface area contributed by atoms with E-state index in [1.807, 2.05) is 0 Å². The molecule has 0 bridgehead atoms. The summed E-state index contributed by atoms with van der Waals surface area (Å²) in [6.45, 7) is 9.33. The molecule has 0 saturated carbocycles. The van der Waals surface area contributed by atoms with Crippen LogP contribution in [-0.2, 0) is 4.74 Å². The lowest BCUT2D eigenvalue weighted by atomic mass is 9.95. The molecular weight excluding hydrogens is 188 g/mol. The third-order valence-electron chi connectivity index (χ3n) is 3.37.